The van der Waals surface area contributed by atoms with Crippen molar-refractivity contribution < 1.29 is 0 Å². The van der Waals surface area contributed by atoms with Crippen LogP contribution in [-0.2, 0) is 0 Å². The van der Waals surface area contributed by atoms with Crippen LogP contribution in [0.1, 0.15) is 0 Å². The van der Waals surface area contributed by atoms with Gasteiger partial charge in [-0.3, -0.25) is 0 Å². The van der Waals surface area contributed by atoms with Gasteiger partial charge in [0.15, 0.2) is 0 Å². The maximum absolute atomic E-state index is 4.41. The third-order valence-corrected chi connectivity index (χ3v) is 1.80. The molecule has 0 aromatic heterocycles. The number of benzene rings is 1. The van der Waals surface area contributed by atoms with E-state index in [1.165, 1.54) is 11.9 Å². The minimum absolute atomic E-state index is 1.08. The van der Waals surface area contributed by atoms with Gasteiger partial charge in [0.1, 0.15) is 0 Å². The Labute approximate surface area is 69.3 Å². The van der Waals surface area contributed by atoms with E-state index in [2.05, 4.69) is 21.8 Å². The molecule has 0 atom stereocenters. The van der Waals surface area contributed by atoms with Crippen LogP contribution in [0, 0.1) is 0 Å². The second-order valence-electron chi connectivity index (χ2n) is 1.59. The third kappa shape index (κ3) is 2.31. The zero-order valence-electron chi connectivity index (χ0n) is 5.15. The lowest BCUT2D eigenvalue weighted by atomic mass is 10.4. The fourth-order valence-corrected chi connectivity index (χ4v) is 1.09. The molecule has 1 aromatic rings. The van der Waals surface area contributed by atoms with Gasteiger partial charge in [-0.2, -0.15) is 4.40 Å². The molecule has 0 aliphatic heterocycles. The summed E-state index contributed by atoms with van der Waals surface area (Å²) in [4.78, 5) is 1.08. The second-order valence-corrected chi connectivity index (χ2v) is 2.61. The van der Waals surface area contributed by atoms with E-state index in [1.54, 1.807) is 0 Å². The quantitative estimate of drug-likeness (QED) is 0.381. The van der Waals surface area contributed by atoms with Crippen LogP contribution in [0.15, 0.2) is 39.6 Å². The predicted octanol–water partition coefficient (Wildman–Crippen LogP) is 2.80. The zero-order chi connectivity index (χ0) is 7.23. The largest absolute Gasteiger partial charge is 0.156 e. The van der Waals surface area contributed by atoms with E-state index < -0.39 is 0 Å². The summed E-state index contributed by atoms with van der Waals surface area (Å²) in [5.74, 6) is 0. The van der Waals surface area contributed by atoms with Gasteiger partial charge in [0.05, 0.1) is 5.16 Å². The molecule has 1 aromatic carbocycles. The van der Waals surface area contributed by atoms with Crippen molar-refractivity contribution in [1.82, 2.24) is 0 Å². The van der Waals surface area contributed by atoms with E-state index in [-0.39, 0.29) is 0 Å². The van der Waals surface area contributed by atoms with Crippen LogP contribution < -0.4 is 0 Å². The van der Waals surface area contributed by atoms with E-state index in [1.807, 2.05) is 30.3 Å². The van der Waals surface area contributed by atoms with E-state index >= 15 is 0 Å². The highest BCUT2D eigenvalue weighted by atomic mass is 32.2. The van der Waals surface area contributed by atoms with Gasteiger partial charge < -0.3 is 0 Å². The Morgan fingerprint density at radius 2 is 2.00 bits per heavy atom. The Hall–Kier alpha value is -0.630. The first-order valence-electron chi connectivity index (χ1n) is 2.73. The Kier molecular flexibility index (Phi) is 3.16. The smallest absolute Gasteiger partial charge is 0.0722 e. The van der Waals surface area contributed by atoms with Crippen LogP contribution in [0.4, 0.5) is 0 Å². The predicted molar refractivity (Wildman–Crippen MR) is 47.3 cm³/mol. The molecular formula is C7H5NS2. The molecule has 0 amide bonds. The summed E-state index contributed by atoms with van der Waals surface area (Å²) in [6.45, 7) is 0. The lowest BCUT2D eigenvalue weighted by molar-refractivity contribution is 1.46. The van der Waals surface area contributed by atoms with Crippen LogP contribution in [0.5, 0.6) is 0 Å². The highest BCUT2D eigenvalue weighted by molar-refractivity contribution is 7.98. The average Bonchev–Trinajstić information content (AvgIpc) is 2.03. The Balaban J connectivity index is 2.67. The van der Waals surface area contributed by atoms with E-state index in [0.29, 0.717) is 0 Å². The molecule has 0 aliphatic rings. The lowest BCUT2D eigenvalue weighted by Crippen LogP contribution is -1.63. The first-order valence-corrected chi connectivity index (χ1v) is 3.91. The van der Waals surface area contributed by atoms with Crippen molar-refractivity contribution in [3.8, 4) is 0 Å². The number of thiocarbonyl (C=S) groups is 1. The maximum Gasteiger partial charge on any atom is 0.0722 e. The number of hydrogen-bond acceptors (Lipinski definition) is 3. The molecule has 1 rings (SSSR count). The molecule has 0 saturated heterocycles. The maximum atomic E-state index is 4.41. The summed E-state index contributed by atoms with van der Waals surface area (Å²) in [5, 5.41) is 2.29. The van der Waals surface area contributed by atoms with Crippen molar-refractivity contribution in [2.75, 3.05) is 0 Å². The Morgan fingerprint density at radius 1 is 1.30 bits per heavy atom. The lowest BCUT2D eigenvalue weighted by Gasteiger charge is -1.88. The molecule has 0 N–H and O–H groups in total. The van der Waals surface area contributed by atoms with E-state index in [0.717, 1.165) is 4.90 Å². The number of nitrogens with zero attached hydrogens (tertiary/aromatic N) is 1. The van der Waals surface area contributed by atoms with Gasteiger partial charge in [-0.05, 0) is 24.4 Å². The SMILES string of the molecule is S=C=NSc1ccccc1. The standard InChI is InChI=1S/C7H5NS2/c9-6-8-10-7-4-2-1-3-5-7/h1-5H. The summed E-state index contributed by atoms with van der Waals surface area (Å²) in [6.07, 6.45) is 0. The summed E-state index contributed by atoms with van der Waals surface area (Å²) in [7, 11) is 0. The van der Waals surface area contributed by atoms with Crippen LogP contribution in [0.25, 0.3) is 0 Å². The first kappa shape index (κ1) is 7.48. The summed E-state index contributed by atoms with van der Waals surface area (Å²) < 4.78 is 3.72. The Bertz CT molecular complexity index is 239. The fraction of sp³-hybridized carbons (Fsp3) is 0. The van der Waals surface area contributed by atoms with Crippen molar-refractivity contribution >= 4 is 29.3 Å². The zero-order valence-corrected chi connectivity index (χ0v) is 6.78. The van der Waals surface area contributed by atoms with Gasteiger partial charge in [0.25, 0.3) is 0 Å². The van der Waals surface area contributed by atoms with Crippen LogP contribution >= 0.6 is 24.2 Å². The van der Waals surface area contributed by atoms with E-state index in [9.17, 15) is 0 Å². The number of isothiocyanates is 1. The molecule has 0 spiro atoms. The molecule has 0 aliphatic carbocycles. The molecule has 0 radical (unpaired) electrons. The number of hydrogen-bond donors (Lipinski definition) is 0. The van der Waals surface area contributed by atoms with Crippen molar-refractivity contribution in [3.63, 3.8) is 0 Å². The molecule has 0 heterocycles. The van der Waals surface area contributed by atoms with Crippen molar-refractivity contribution in [2.45, 2.75) is 4.90 Å². The minimum Gasteiger partial charge on any atom is -0.156 e. The highest BCUT2D eigenvalue weighted by Crippen LogP contribution is 2.16. The first-order chi connectivity index (χ1) is 4.93. The average molecular weight is 167 g/mol. The van der Waals surface area contributed by atoms with Crippen LogP contribution in [0.3, 0.4) is 0 Å². The molecule has 0 fully saturated rings. The molecule has 0 saturated carbocycles. The normalized spacial score (nSPS) is 8.40. The van der Waals surface area contributed by atoms with Gasteiger partial charge in [0, 0.05) is 16.8 Å². The fourth-order valence-electron chi connectivity index (χ4n) is 0.553. The van der Waals surface area contributed by atoms with Gasteiger partial charge in [0.2, 0.25) is 0 Å². The molecule has 3 heteroatoms. The van der Waals surface area contributed by atoms with Crippen molar-refractivity contribution in [2.24, 2.45) is 4.40 Å². The molecule has 0 unspecified atom stereocenters. The third-order valence-electron chi connectivity index (χ3n) is 0.932. The summed E-state index contributed by atoms with van der Waals surface area (Å²) in [6, 6.07) is 9.83. The van der Waals surface area contributed by atoms with Crippen LogP contribution in [0.2, 0.25) is 0 Å². The highest BCUT2D eigenvalue weighted by Gasteiger charge is 1.85. The molecule has 0 bridgehead atoms. The topological polar surface area (TPSA) is 12.4 Å². The summed E-state index contributed by atoms with van der Waals surface area (Å²) in [5.41, 5.74) is 0. The number of rotatable bonds is 2. The van der Waals surface area contributed by atoms with E-state index in [4.69, 9.17) is 0 Å². The molecule has 1 nitrogen and oxygen atoms in total. The van der Waals surface area contributed by atoms with Crippen LogP contribution in [-0.4, -0.2) is 5.16 Å². The molecular weight excluding hydrogens is 162 g/mol. The van der Waals surface area contributed by atoms with Gasteiger partial charge in [-0.1, -0.05) is 18.2 Å². The van der Waals surface area contributed by atoms with Gasteiger partial charge >= 0.3 is 0 Å². The van der Waals surface area contributed by atoms with Gasteiger partial charge in [-0.25, -0.2) is 0 Å². The summed E-state index contributed by atoms with van der Waals surface area (Å²) >= 11 is 5.74. The molecule has 50 valence electrons. The van der Waals surface area contributed by atoms with Gasteiger partial charge in [-0.15, -0.1) is 0 Å². The van der Waals surface area contributed by atoms with Crippen molar-refractivity contribution in [3.05, 3.63) is 30.3 Å². The van der Waals surface area contributed by atoms with Crippen molar-refractivity contribution in [1.29, 1.82) is 0 Å². The monoisotopic (exact) mass is 167 g/mol. The Morgan fingerprint density at radius 3 is 2.60 bits per heavy atom. The second kappa shape index (κ2) is 4.23. The minimum atomic E-state index is 1.08. The molecule has 10 heavy (non-hydrogen) atoms.